The lowest BCUT2D eigenvalue weighted by Gasteiger charge is -2.13. The standard InChI is InChI=1S/C17H20O2S/c1-13-10-15(12-18)11-14(2)17(13)19-8-9-20-16-6-4-3-5-7-16/h3-7,10-11,18H,8-9,12H2,1-2H3. The van der Waals surface area contributed by atoms with Crippen LogP contribution in [-0.2, 0) is 6.61 Å². The number of hydrogen-bond acceptors (Lipinski definition) is 3. The molecule has 2 aromatic carbocycles. The van der Waals surface area contributed by atoms with E-state index < -0.39 is 0 Å². The molecule has 0 aromatic heterocycles. The van der Waals surface area contributed by atoms with E-state index in [0.717, 1.165) is 28.2 Å². The lowest BCUT2D eigenvalue weighted by molar-refractivity contribution is 0.281. The van der Waals surface area contributed by atoms with Gasteiger partial charge in [0.1, 0.15) is 5.75 Å². The van der Waals surface area contributed by atoms with Crippen LogP contribution in [0.5, 0.6) is 5.75 Å². The monoisotopic (exact) mass is 288 g/mol. The zero-order chi connectivity index (χ0) is 14.4. The molecule has 2 nitrogen and oxygen atoms in total. The molecule has 0 aliphatic carbocycles. The third kappa shape index (κ3) is 4.02. The minimum Gasteiger partial charge on any atom is -0.492 e. The van der Waals surface area contributed by atoms with Crippen molar-refractivity contribution in [2.75, 3.05) is 12.4 Å². The molecule has 0 spiro atoms. The second-order valence-electron chi connectivity index (χ2n) is 4.73. The molecule has 0 saturated carbocycles. The molecule has 1 N–H and O–H groups in total. The van der Waals surface area contributed by atoms with Crippen molar-refractivity contribution in [3.05, 3.63) is 59.2 Å². The highest BCUT2D eigenvalue weighted by molar-refractivity contribution is 7.99. The van der Waals surface area contributed by atoms with Crippen LogP contribution in [0.4, 0.5) is 0 Å². The summed E-state index contributed by atoms with van der Waals surface area (Å²) in [7, 11) is 0. The van der Waals surface area contributed by atoms with Crippen LogP contribution in [0, 0.1) is 13.8 Å². The van der Waals surface area contributed by atoms with Gasteiger partial charge in [-0.05, 0) is 42.7 Å². The van der Waals surface area contributed by atoms with Gasteiger partial charge in [-0.2, -0.15) is 0 Å². The van der Waals surface area contributed by atoms with Gasteiger partial charge in [0, 0.05) is 10.6 Å². The van der Waals surface area contributed by atoms with Crippen LogP contribution < -0.4 is 4.74 Å². The minimum absolute atomic E-state index is 0.0752. The molecule has 106 valence electrons. The van der Waals surface area contributed by atoms with Gasteiger partial charge >= 0.3 is 0 Å². The first-order valence-corrected chi connectivity index (χ1v) is 7.71. The molecule has 2 aromatic rings. The maximum Gasteiger partial charge on any atom is 0.125 e. The first kappa shape index (κ1) is 14.9. The zero-order valence-electron chi connectivity index (χ0n) is 11.9. The predicted octanol–water partition coefficient (Wildman–Crippen LogP) is 3.97. The molecule has 0 heterocycles. The molecule has 0 unspecified atom stereocenters. The third-order valence-electron chi connectivity index (χ3n) is 3.04. The summed E-state index contributed by atoms with van der Waals surface area (Å²) in [4.78, 5) is 1.26. The number of hydrogen-bond donors (Lipinski definition) is 1. The van der Waals surface area contributed by atoms with Gasteiger partial charge in [0.15, 0.2) is 0 Å². The van der Waals surface area contributed by atoms with Crippen molar-refractivity contribution in [2.45, 2.75) is 25.3 Å². The Bertz CT molecular complexity index is 529. The summed E-state index contributed by atoms with van der Waals surface area (Å²) >= 11 is 1.79. The maximum atomic E-state index is 9.17. The summed E-state index contributed by atoms with van der Waals surface area (Å²) in [5.41, 5.74) is 3.10. The molecular weight excluding hydrogens is 268 g/mol. The van der Waals surface area contributed by atoms with Crippen LogP contribution in [0.3, 0.4) is 0 Å². The number of aliphatic hydroxyl groups is 1. The lowest BCUT2D eigenvalue weighted by Crippen LogP contribution is -2.03. The van der Waals surface area contributed by atoms with Crippen molar-refractivity contribution in [1.29, 1.82) is 0 Å². The average molecular weight is 288 g/mol. The topological polar surface area (TPSA) is 29.5 Å². The Hall–Kier alpha value is -1.45. The van der Waals surface area contributed by atoms with Gasteiger partial charge in [0.2, 0.25) is 0 Å². The Morgan fingerprint density at radius 2 is 1.70 bits per heavy atom. The summed E-state index contributed by atoms with van der Waals surface area (Å²) in [6.45, 7) is 4.79. The average Bonchev–Trinajstić information content (AvgIpc) is 2.46. The largest absolute Gasteiger partial charge is 0.492 e. The van der Waals surface area contributed by atoms with E-state index in [1.165, 1.54) is 4.90 Å². The SMILES string of the molecule is Cc1cc(CO)cc(C)c1OCCSc1ccccc1. The number of thioether (sulfide) groups is 1. The van der Waals surface area contributed by atoms with Crippen LogP contribution in [0.2, 0.25) is 0 Å². The minimum atomic E-state index is 0.0752. The quantitative estimate of drug-likeness (QED) is 0.644. The lowest BCUT2D eigenvalue weighted by atomic mass is 10.1. The normalized spacial score (nSPS) is 10.6. The summed E-state index contributed by atoms with van der Waals surface area (Å²) < 4.78 is 5.89. The first-order chi connectivity index (χ1) is 9.70. The predicted molar refractivity (Wildman–Crippen MR) is 84.5 cm³/mol. The van der Waals surface area contributed by atoms with Gasteiger partial charge in [0.25, 0.3) is 0 Å². The summed E-state index contributed by atoms with van der Waals surface area (Å²) in [5, 5.41) is 9.17. The number of benzene rings is 2. The Balaban J connectivity index is 1.88. The van der Waals surface area contributed by atoms with Crippen LogP contribution >= 0.6 is 11.8 Å². The van der Waals surface area contributed by atoms with E-state index in [2.05, 4.69) is 12.1 Å². The first-order valence-electron chi connectivity index (χ1n) is 6.72. The summed E-state index contributed by atoms with van der Waals surface area (Å²) in [5.74, 6) is 1.86. The maximum absolute atomic E-state index is 9.17. The van der Waals surface area contributed by atoms with E-state index in [-0.39, 0.29) is 6.61 Å². The van der Waals surface area contributed by atoms with Gasteiger partial charge in [-0.3, -0.25) is 0 Å². The molecule has 0 bridgehead atoms. The van der Waals surface area contributed by atoms with E-state index in [0.29, 0.717) is 6.61 Å². The van der Waals surface area contributed by atoms with Crippen LogP contribution in [0.25, 0.3) is 0 Å². The third-order valence-corrected chi connectivity index (χ3v) is 4.02. The molecule has 0 saturated heterocycles. The van der Waals surface area contributed by atoms with Crippen molar-refractivity contribution in [3.63, 3.8) is 0 Å². The molecule has 3 heteroatoms. The van der Waals surface area contributed by atoms with Gasteiger partial charge in [-0.25, -0.2) is 0 Å². The van der Waals surface area contributed by atoms with Crippen molar-refractivity contribution in [3.8, 4) is 5.75 Å². The molecule has 0 fully saturated rings. The molecule has 0 aliphatic rings. The van der Waals surface area contributed by atoms with E-state index in [1.807, 2.05) is 44.2 Å². The van der Waals surface area contributed by atoms with Crippen LogP contribution in [0.15, 0.2) is 47.4 Å². The van der Waals surface area contributed by atoms with Gasteiger partial charge in [-0.1, -0.05) is 30.3 Å². The molecule has 2 rings (SSSR count). The molecular formula is C17H20O2S. The highest BCUT2D eigenvalue weighted by Crippen LogP contribution is 2.25. The smallest absolute Gasteiger partial charge is 0.125 e. The van der Waals surface area contributed by atoms with E-state index in [9.17, 15) is 5.11 Å². The highest BCUT2D eigenvalue weighted by atomic mass is 32.2. The number of aryl methyl sites for hydroxylation is 2. The Labute approximate surface area is 124 Å². The van der Waals surface area contributed by atoms with E-state index in [1.54, 1.807) is 11.8 Å². The number of ether oxygens (including phenoxy) is 1. The molecule has 0 radical (unpaired) electrons. The fraction of sp³-hybridized carbons (Fsp3) is 0.294. The fourth-order valence-corrected chi connectivity index (χ4v) is 2.93. The second-order valence-corrected chi connectivity index (χ2v) is 5.90. The second kappa shape index (κ2) is 7.36. The van der Waals surface area contributed by atoms with Gasteiger partial charge in [-0.15, -0.1) is 11.8 Å². The van der Waals surface area contributed by atoms with Crippen molar-refractivity contribution in [2.24, 2.45) is 0 Å². The zero-order valence-corrected chi connectivity index (χ0v) is 12.7. The van der Waals surface area contributed by atoms with Gasteiger partial charge in [0.05, 0.1) is 13.2 Å². The van der Waals surface area contributed by atoms with Crippen LogP contribution in [-0.4, -0.2) is 17.5 Å². The Kier molecular flexibility index (Phi) is 5.50. The van der Waals surface area contributed by atoms with E-state index >= 15 is 0 Å². The molecule has 0 amide bonds. The van der Waals surface area contributed by atoms with Crippen molar-refractivity contribution < 1.29 is 9.84 Å². The van der Waals surface area contributed by atoms with Gasteiger partial charge < -0.3 is 9.84 Å². The number of aliphatic hydroxyl groups excluding tert-OH is 1. The highest BCUT2D eigenvalue weighted by Gasteiger charge is 2.06. The molecule has 20 heavy (non-hydrogen) atoms. The van der Waals surface area contributed by atoms with Crippen molar-refractivity contribution >= 4 is 11.8 Å². The molecule has 0 aliphatic heterocycles. The van der Waals surface area contributed by atoms with Crippen molar-refractivity contribution in [1.82, 2.24) is 0 Å². The van der Waals surface area contributed by atoms with E-state index in [4.69, 9.17) is 4.74 Å². The summed E-state index contributed by atoms with van der Waals surface area (Å²) in [6.07, 6.45) is 0. The fourth-order valence-electron chi connectivity index (χ4n) is 2.18. The Morgan fingerprint density at radius 3 is 2.30 bits per heavy atom. The Morgan fingerprint density at radius 1 is 1.05 bits per heavy atom. The number of rotatable bonds is 6. The summed E-state index contributed by atoms with van der Waals surface area (Å²) in [6, 6.07) is 14.3. The van der Waals surface area contributed by atoms with Crippen LogP contribution in [0.1, 0.15) is 16.7 Å². The molecule has 0 atom stereocenters.